The van der Waals surface area contributed by atoms with Gasteiger partial charge in [0, 0.05) is 47.6 Å². The summed E-state index contributed by atoms with van der Waals surface area (Å²) >= 11 is 0. The van der Waals surface area contributed by atoms with Gasteiger partial charge < -0.3 is 59.1 Å². The third-order valence-corrected chi connectivity index (χ3v) is 11.6. The summed E-state index contributed by atoms with van der Waals surface area (Å²) in [4.78, 5) is 26.1. The Bertz CT molecular complexity index is 2090. The average Bonchev–Trinajstić information content (AvgIpc) is 3.62. The van der Waals surface area contributed by atoms with Crippen molar-refractivity contribution in [1.29, 1.82) is 0 Å². The number of carbonyl (C=O) groups is 2. The number of aliphatic hydroxyl groups is 2. The van der Waals surface area contributed by atoms with Gasteiger partial charge in [0.05, 0.1) is 41.7 Å². The number of benzene rings is 4. The molecule has 2 heterocycles. The summed E-state index contributed by atoms with van der Waals surface area (Å²) in [6.07, 6.45) is -0.184. The van der Waals surface area contributed by atoms with Crippen LogP contribution in [-0.4, -0.2) is 95.4 Å². The van der Waals surface area contributed by atoms with Crippen LogP contribution in [0.1, 0.15) is 45.2 Å². The second kappa shape index (κ2) is 12.4. The first-order valence-electron chi connectivity index (χ1n) is 17.2. The molecular formula is C40H38O14. The fourth-order valence-corrected chi connectivity index (χ4v) is 8.95. The van der Waals surface area contributed by atoms with Crippen LogP contribution >= 0.6 is 0 Å². The lowest BCUT2D eigenvalue weighted by atomic mass is 9.64. The van der Waals surface area contributed by atoms with Gasteiger partial charge >= 0.3 is 11.9 Å². The fraction of sp³-hybridized carbons (Fsp3) is 0.350. The topological polar surface area (TPSA) is 211 Å². The van der Waals surface area contributed by atoms with Crippen LogP contribution in [0, 0.1) is 11.8 Å². The molecule has 0 saturated carbocycles. The highest BCUT2D eigenvalue weighted by molar-refractivity contribution is 5.86. The van der Waals surface area contributed by atoms with E-state index in [-0.39, 0.29) is 83.2 Å². The molecule has 2 fully saturated rings. The van der Waals surface area contributed by atoms with Crippen LogP contribution in [-0.2, 0) is 31.9 Å². The molecule has 0 spiro atoms. The predicted molar refractivity (Wildman–Crippen MR) is 188 cm³/mol. The summed E-state index contributed by atoms with van der Waals surface area (Å²) in [5, 5.41) is 68.7. The van der Waals surface area contributed by atoms with Crippen molar-refractivity contribution < 1.29 is 68.6 Å². The van der Waals surface area contributed by atoms with Gasteiger partial charge in [0.15, 0.2) is 57.2 Å². The summed E-state index contributed by atoms with van der Waals surface area (Å²) in [5.41, 5.74) is -0.587. The molecule has 14 nitrogen and oxygen atoms in total. The normalized spacial score (nSPS) is 26.5. The van der Waals surface area contributed by atoms with Gasteiger partial charge in [-0.3, -0.25) is 0 Å². The number of hydrogen-bond acceptors (Lipinski definition) is 14. The number of carbonyl (C=O) groups excluding carboxylic acids is 2. The summed E-state index contributed by atoms with van der Waals surface area (Å²) in [6, 6.07) is 12.4. The molecule has 6 unspecified atom stereocenters. The number of aromatic hydroxyl groups is 4. The van der Waals surface area contributed by atoms with Crippen molar-refractivity contribution in [2.75, 3.05) is 41.7 Å². The minimum absolute atomic E-state index is 0.00546. The molecule has 282 valence electrons. The van der Waals surface area contributed by atoms with E-state index < -0.39 is 46.8 Å². The van der Waals surface area contributed by atoms with Gasteiger partial charge in [0.2, 0.25) is 0 Å². The molecule has 6 N–H and O–H groups in total. The molecule has 2 aliphatic carbocycles. The first-order valence-corrected chi connectivity index (χ1v) is 17.2. The summed E-state index contributed by atoms with van der Waals surface area (Å²) in [5.74, 6) is -5.55. The molecule has 54 heavy (non-hydrogen) atoms. The van der Waals surface area contributed by atoms with Crippen molar-refractivity contribution in [2.45, 2.75) is 35.9 Å². The molecule has 4 aromatic rings. The zero-order valence-electron chi connectivity index (χ0n) is 29.7. The van der Waals surface area contributed by atoms with Crippen LogP contribution in [0.5, 0.6) is 46.0 Å². The Labute approximate surface area is 308 Å². The third kappa shape index (κ3) is 4.93. The minimum atomic E-state index is -1.92. The summed E-state index contributed by atoms with van der Waals surface area (Å²) in [7, 11) is 5.47. The zero-order valence-corrected chi connectivity index (χ0v) is 29.7. The quantitative estimate of drug-likeness (QED) is 0.150. The van der Waals surface area contributed by atoms with Crippen molar-refractivity contribution in [3.05, 3.63) is 81.9 Å². The number of ether oxygens (including phenoxy) is 6. The Morgan fingerprint density at radius 1 is 0.556 bits per heavy atom. The van der Waals surface area contributed by atoms with Crippen LogP contribution in [0.2, 0.25) is 0 Å². The van der Waals surface area contributed by atoms with E-state index in [1.807, 2.05) is 0 Å². The van der Waals surface area contributed by atoms with E-state index in [1.165, 1.54) is 40.6 Å². The predicted octanol–water partition coefficient (Wildman–Crippen LogP) is 3.39. The number of methoxy groups -OCH3 is 4. The molecule has 14 heteroatoms. The van der Waals surface area contributed by atoms with Gasteiger partial charge in [-0.1, -0.05) is 0 Å². The number of esters is 2. The van der Waals surface area contributed by atoms with E-state index in [4.69, 9.17) is 28.4 Å². The second-order valence-electron chi connectivity index (χ2n) is 14.3. The standard InChI is InChI=1S/C40H38O14/c1-49-29-9-19-13-39(47)25(15-53-37(39)45)33(21(19)11-27(29)41)17-5-23(35(43)31(7-17)51-3)24-6-18(8-32(52-4)36(24)44)34-22-12-28(42)30(50-2)10-20(22)14-40(48)26(34)16-54-38(40)46/h5-12,25-26,33-34,41-44,47-48H,13-16H2,1-4H3. The number of cyclic esters (lactones) is 2. The molecular weight excluding hydrogens is 704 g/mol. The first-order chi connectivity index (χ1) is 25.8. The van der Waals surface area contributed by atoms with Crippen LogP contribution in [0.25, 0.3) is 11.1 Å². The highest BCUT2D eigenvalue weighted by Crippen LogP contribution is 2.56. The lowest BCUT2D eigenvalue weighted by molar-refractivity contribution is -0.155. The van der Waals surface area contributed by atoms with E-state index in [1.54, 1.807) is 36.4 Å². The van der Waals surface area contributed by atoms with Crippen LogP contribution in [0.3, 0.4) is 0 Å². The monoisotopic (exact) mass is 742 g/mol. The lowest BCUT2D eigenvalue weighted by Crippen LogP contribution is -2.48. The Kier molecular flexibility index (Phi) is 8.05. The van der Waals surface area contributed by atoms with Crippen LogP contribution < -0.4 is 18.9 Å². The number of phenolic OH excluding ortho intramolecular Hbond substituents is 4. The van der Waals surface area contributed by atoms with E-state index in [2.05, 4.69) is 0 Å². The van der Waals surface area contributed by atoms with Gasteiger partial charge in [0.25, 0.3) is 0 Å². The Morgan fingerprint density at radius 3 is 1.28 bits per heavy atom. The van der Waals surface area contributed by atoms with Gasteiger partial charge in [-0.25, -0.2) is 9.59 Å². The van der Waals surface area contributed by atoms with Crippen molar-refractivity contribution in [2.24, 2.45) is 11.8 Å². The highest BCUT2D eigenvalue weighted by Gasteiger charge is 2.59. The molecule has 0 aromatic heterocycles. The third-order valence-electron chi connectivity index (χ3n) is 11.6. The van der Waals surface area contributed by atoms with Gasteiger partial charge in [-0.05, 0) is 81.9 Å². The van der Waals surface area contributed by atoms with E-state index in [9.17, 15) is 40.2 Å². The maximum atomic E-state index is 13.0. The Hall–Kier alpha value is -5.86. The number of fused-ring (bicyclic) bond motifs is 4. The van der Waals surface area contributed by atoms with Crippen molar-refractivity contribution in [3.63, 3.8) is 0 Å². The van der Waals surface area contributed by atoms with Crippen molar-refractivity contribution in [3.8, 4) is 57.1 Å². The minimum Gasteiger partial charge on any atom is -0.504 e. The van der Waals surface area contributed by atoms with Crippen molar-refractivity contribution in [1.82, 2.24) is 0 Å². The number of phenols is 4. The van der Waals surface area contributed by atoms with Gasteiger partial charge in [0.1, 0.15) is 0 Å². The number of rotatable bonds is 7. The number of hydrogen-bond donors (Lipinski definition) is 6. The SMILES string of the molecule is COc1cc2c(cc1O)C(c1cc(OC)c(O)c(-c3cc(C4c5cc(O)c(OC)cc5CC5(O)C(=O)OCC45)cc(OC)c3O)c1)C1COC(=O)C1(O)C2. The highest BCUT2D eigenvalue weighted by atomic mass is 16.6. The van der Waals surface area contributed by atoms with Gasteiger partial charge in [-0.2, -0.15) is 0 Å². The van der Waals surface area contributed by atoms with Crippen molar-refractivity contribution >= 4 is 11.9 Å². The smallest absolute Gasteiger partial charge is 0.338 e. The van der Waals surface area contributed by atoms with Crippen LogP contribution in [0.15, 0.2) is 48.5 Å². The maximum absolute atomic E-state index is 13.0. The molecule has 2 aliphatic heterocycles. The Morgan fingerprint density at radius 2 is 0.926 bits per heavy atom. The van der Waals surface area contributed by atoms with Gasteiger partial charge in [-0.15, -0.1) is 0 Å². The molecule has 4 aliphatic rings. The molecule has 0 radical (unpaired) electrons. The second-order valence-corrected chi connectivity index (χ2v) is 14.3. The molecule has 4 aromatic carbocycles. The molecule has 0 amide bonds. The largest absolute Gasteiger partial charge is 0.504 e. The molecule has 2 saturated heterocycles. The summed E-state index contributed by atoms with van der Waals surface area (Å²) in [6.45, 7) is -0.272. The zero-order chi connectivity index (χ0) is 38.4. The Balaban J connectivity index is 1.35. The van der Waals surface area contributed by atoms with E-state index in [0.717, 1.165) is 0 Å². The molecule has 0 bridgehead atoms. The lowest BCUT2D eigenvalue weighted by Gasteiger charge is -2.39. The first kappa shape index (κ1) is 35.2. The maximum Gasteiger partial charge on any atom is 0.338 e. The fourth-order valence-electron chi connectivity index (χ4n) is 8.95. The summed E-state index contributed by atoms with van der Waals surface area (Å²) < 4.78 is 32.7. The average molecular weight is 743 g/mol. The van der Waals surface area contributed by atoms with Crippen LogP contribution in [0.4, 0.5) is 0 Å². The molecule has 6 atom stereocenters. The molecule has 8 rings (SSSR count). The van der Waals surface area contributed by atoms with E-state index in [0.29, 0.717) is 33.4 Å². The van der Waals surface area contributed by atoms with E-state index >= 15 is 0 Å².